The maximum absolute atomic E-state index is 13.2. The van der Waals surface area contributed by atoms with Crippen LogP contribution in [0.15, 0.2) is 18.2 Å². The second-order valence-corrected chi connectivity index (χ2v) is 5.25. The first-order chi connectivity index (χ1) is 9.65. The van der Waals surface area contributed by atoms with E-state index in [-0.39, 0.29) is 17.6 Å². The summed E-state index contributed by atoms with van der Waals surface area (Å²) in [4.78, 5) is 25.9. The number of rotatable bonds is 2. The average Bonchev–Trinajstić information content (AvgIpc) is 2.76. The molecule has 20 heavy (non-hydrogen) atoms. The minimum Gasteiger partial charge on any atom is -0.378 e. The molecule has 3 rings (SSSR count). The van der Waals surface area contributed by atoms with Crippen LogP contribution in [0.3, 0.4) is 0 Å². The Balaban J connectivity index is 1.73. The van der Waals surface area contributed by atoms with E-state index in [1.54, 1.807) is 11.0 Å². The molecule has 0 N–H and O–H groups in total. The number of ether oxygens (including phenoxy) is 1. The molecule has 0 aromatic heterocycles. The van der Waals surface area contributed by atoms with Crippen molar-refractivity contribution in [2.45, 2.75) is 18.8 Å². The van der Waals surface area contributed by atoms with Crippen molar-refractivity contribution in [1.29, 1.82) is 0 Å². The van der Waals surface area contributed by atoms with Crippen LogP contribution in [-0.4, -0.2) is 42.9 Å². The van der Waals surface area contributed by atoms with Gasteiger partial charge in [-0.2, -0.15) is 0 Å². The molecule has 5 heteroatoms. The molecule has 106 valence electrons. The molecule has 0 spiro atoms. The van der Waals surface area contributed by atoms with E-state index in [0.29, 0.717) is 44.7 Å². The second-order valence-electron chi connectivity index (χ2n) is 5.25. The van der Waals surface area contributed by atoms with Crippen LogP contribution >= 0.6 is 0 Å². The topological polar surface area (TPSA) is 46.6 Å². The fourth-order valence-corrected chi connectivity index (χ4v) is 2.90. The van der Waals surface area contributed by atoms with Crippen LogP contribution in [0.2, 0.25) is 0 Å². The Morgan fingerprint density at radius 1 is 1.35 bits per heavy atom. The van der Waals surface area contributed by atoms with Crippen molar-refractivity contribution in [3.8, 4) is 0 Å². The van der Waals surface area contributed by atoms with Crippen LogP contribution in [-0.2, 0) is 9.53 Å². The maximum atomic E-state index is 13.2. The van der Waals surface area contributed by atoms with Gasteiger partial charge in [0.15, 0.2) is 5.78 Å². The van der Waals surface area contributed by atoms with Gasteiger partial charge in [0, 0.05) is 37.4 Å². The number of carbonyl (C=O) groups excluding carboxylic acids is 2. The molecule has 2 aliphatic rings. The summed E-state index contributed by atoms with van der Waals surface area (Å²) in [5.41, 5.74) is 1.24. The van der Waals surface area contributed by atoms with Crippen molar-refractivity contribution in [3.05, 3.63) is 35.1 Å². The standard InChI is InChI=1S/C15H16FNO3/c16-11-1-2-12-10(7-14(18)13(12)9-11)8-15(19)17-3-5-20-6-4-17/h1-2,9-10H,3-8H2. The van der Waals surface area contributed by atoms with Crippen molar-refractivity contribution >= 4 is 11.7 Å². The molecular weight excluding hydrogens is 261 g/mol. The molecule has 1 aliphatic heterocycles. The van der Waals surface area contributed by atoms with Gasteiger partial charge in [-0.1, -0.05) is 6.07 Å². The number of amides is 1. The predicted octanol–water partition coefficient (Wildman–Crippen LogP) is 1.74. The highest BCUT2D eigenvalue weighted by molar-refractivity contribution is 6.02. The van der Waals surface area contributed by atoms with Gasteiger partial charge < -0.3 is 9.64 Å². The van der Waals surface area contributed by atoms with E-state index >= 15 is 0 Å². The molecule has 1 unspecified atom stereocenters. The minimum atomic E-state index is -0.405. The summed E-state index contributed by atoms with van der Waals surface area (Å²) in [5.74, 6) is -0.548. The number of fused-ring (bicyclic) bond motifs is 1. The Bertz CT molecular complexity index is 552. The van der Waals surface area contributed by atoms with Gasteiger partial charge in [0.05, 0.1) is 13.2 Å². The smallest absolute Gasteiger partial charge is 0.223 e. The molecule has 0 bridgehead atoms. The van der Waals surface area contributed by atoms with Crippen molar-refractivity contribution in [1.82, 2.24) is 4.90 Å². The number of morpholine rings is 1. The fourth-order valence-electron chi connectivity index (χ4n) is 2.90. The van der Waals surface area contributed by atoms with Gasteiger partial charge in [-0.25, -0.2) is 4.39 Å². The van der Waals surface area contributed by atoms with Crippen LogP contribution in [0.5, 0.6) is 0 Å². The van der Waals surface area contributed by atoms with E-state index in [9.17, 15) is 14.0 Å². The first-order valence-electron chi connectivity index (χ1n) is 6.83. The monoisotopic (exact) mass is 277 g/mol. The van der Waals surface area contributed by atoms with Crippen LogP contribution in [0.4, 0.5) is 4.39 Å². The highest BCUT2D eigenvalue weighted by Gasteiger charge is 2.32. The van der Waals surface area contributed by atoms with E-state index in [1.807, 2.05) is 0 Å². The van der Waals surface area contributed by atoms with E-state index < -0.39 is 5.82 Å². The summed E-state index contributed by atoms with van der Waals surface area (Å²) in [6.45, 7) is 2.35. The van der Waals surface area contributed by atoms with Gasteiger partial charge in [0.25, 0.3) is 0 Å². The van der Waals surface area contributed by atoms with Crippen LogP contribution in [0, 0.1) is 5.82 Å². The molecule has 1 atom stereocenters. The van der Waals surface area contributed by atoms with E-state index in [2.05, 4.69) is 0 Å². The van der Waals surface area contributed by atoms with Crippen molar-refractivity contribution < 1.29 is 18.7 Å². The van der Waals surface area contributed by atoms with Crippen molar-refractivity contribution in [3.63, 3.8) is 0 Å². The van der Waals surface area contributed by atoms with Crippen LogP contribution < -0.4 is 0 Å². The molecule has 1 aromatic carbocycles. The SMILES string of the molecule is O=C1CC(CC(=O)N2CCOCC2)c2ccc(F)cc21. The summed E-state index contributed by atoms with van der Waals surface area (Å²) in [6.07, 6.45) is 0.610. The van der Waals surface area contributed by atoms with Gasteiger partial charge in [0.2, 0.25) is 5.91 Å². The lowest BCUT2D eigenvalue weighted by atomic mass is 9.97. The highest BCUT2D eigenvalue weighted by atomic mass is 19.1. The molecule has 1 aliphatic carbocycles. The first-order valence-corrected chi connectivity index (χ1v) is 6.83. The highest BCUT2D eigenvalue weighted by Crippen LogP contribution is 2.36. The third-order valence-electron chi connectivity index (χ3n) is 3.97. The number of hydrogen-bond acceptors (Lipinski definition) is 3. The van der Waals surface area contributed by atoms with E-state index in [1.165, 1.54) is 12.1 Å². The summed E-state index contributed by atoms with van der Waals surface area (Å²) in [7, 11) is 0. The quantitative estimate of drug-likeness (QED) is 0.827. The molecule has 1 fully saturated rings. The fraction of sp³-hybridized carbons (Fsp3) is 0.467. The average molecular weight is 277 g/mol. The summed E-state index contributed by atoms with van der Waals surface area (Å²) in [6, 6.07) is 4.26. The minimum absolute atomic E-state index is 0.0447. The Morgan fingerprint density at radius 2 is 2.10 bits per heavy atom. The predicted molar refractivity (Wildman–Crippen MR) is 70.1 cm³/mol. The molecule has 0 saturated carbocycles. The van der Waals surface area contributed by atoms with Gasteiger partial charge in [0.1, 0.15) is 5.82 Å². The lowest BCUT2D eigenvalue weighted by molar-refractivity contribution is -0.135. The van der Waals surface area contributed by atoms with Gasteiger partial charge in [-0.05, 0) is 17.7 Å². The van der Waals surface area contributed by atoms with Crippen molar-refractivity contribution in [2.75, 3.05) is 26.3 Å². The number of ketones is 1. The Morgan fingerprint density at radius 3 is 2.85 bits per heavy atom. The lowest BCUT2D eigenvalue weighted by Gasteiger charge is -2.27. The molecule has 1 amide bonds. The summed E-state index contributed by atoms with van der Waals surface area (Å²) in [5, 5.41) is 0. The zero-order valence-corrected chi connectivity index (χ0v) is 11.1. The molecule has 1 aromatic rings. The van der Waals surface area contributed by atoms with Gasteiger partial charge in [-0.15, -0.1) is 0 Å². The number of halogens is 1. The lowest BCUT2D eigenvalue weighted by Crippen LogP contribution is -2.41. The Kier molecular flexibility index (Phi) is 3.53. The number of nitrogens with zero attached hydrogens (tertiary/aromatic N) is 1. The van der Waals surface area contributed by atoms with Crippen LogP contribution in [0.25, 0.3) is 0 Å². The van der Waals surface area contributed by atoms with Crippen molar-refractivity contribution in [2.24, 2.45) is 0 Å². The van der Waals surface area contributed by atoms with E-state index in [4.69, 9.17) is 4.74 Å². The second kappa shape index (κ2) is 5.32. The van der Waals surface area contributed by atoms with Gasteiger partial charge >= 0.3 is 0 Å². The molecular formula is C15H16FNO3. The molecule has 0 radical (unpaired) electrons. The summed E-state index contributed by atoms with van der Waals surface area (Å²) < 4.78 is 18.4. The maximum Gasteiger partial charge on any atom is 0.223 e. The number of benzene rings is 1. The number of hydrogen-bond donors (Lipinski definition) is 0. The molecule has 1 heterocycles. The first kappa shape index (κ1) is 13.2. The van der Waals surface area contributed by atoms with E-state index in [0.717, 1.165) is 5.56 Å². The molecule has 4 nitrogen and oxygen atoms in total. The zero-order valence-electron chi connectivity index (χ0n) is 11.1. The third-order valence-corrected chi connectivity index (χ3v) is 3.97. The largest absolute Gasteiger partial charge is 0.378 e. The van der Waals surface area contributed by atoms with Crippen LogP contribution in [0.1, 0.15) is 34.7 Å². The Labute approximate surface area is 116 Å². The van der Waals surface area contributed by atoms with Gasteiger partial charge in [-0.3, -0.25) is 9.59 Å². The number of Topliss-reactive ketones (excluding diaryl/α,β-unsaturated/α-hetero) is 1. The summed E-state index contributed by atoms with van der Waals surface area (Å²) >= 11 is 0. The zero-order chi connectivity index (χ0) is 14.1. The third kappa shape index (κ3) is 2.45. The Hall–Kier alpha value is -1.75. The normalized spacial score (nSPS) is 21.9. The molecule has 1 saturated heterocycles. The number of carbonyl (C=O) groups is 2.